The highest BCUT2D eigenvalue weighted by Crippen LogP contribution is 2.18. The number of pyridine rings is 1. The number of hydrogen-bond donors (Lipinski definition) is 0. The summed E-state index contributed by atoms with van der Waals surface area (Å²) >= 11 is 0. The van der Waals surface area contributed by atoms with Crippen LogP contribution < -0.4 is 10.5 Å². The molecule has 0 unspecified atom stereocenters. The molecule has 0 aromatic carbocycles. The molecule has 2 aromatic rings. The summed E-state index contributed by atoms with van der Waals surface area (Å²) in [4.78, 5) is 21.2. The van der Waals surface area contributed by atoms with Gasteiger partial charge in [0.05, 0.1) is 17.8 Å². The number of fused-ring (bicyclic) bond motifs is 1. The number of rotatable bonds is 4. The van der Waals surface area contributed by atoms with E-state index in [1.165, 1.54) is 6.42 Å². The van der Waals surface area contributed by atoms with Crippen molar-refractivity contribution in [2.75, 3.05) is 37.6 Å². The molecule has 0 spiro atoms. The number of hydrogen-bond acceptors (Lipinski definition) is 6. The highest BCUT2D eigenvalue weighted by molar-refractivity contribution is 5.53. The summed E-state index contributed by atoms with van der Waals surface area (Å²) < 4.78 is 1.63. The molecule has 1 aliphatic heterocycles. The van der Waals surface area contributed by atoms with Crippen LogP contribution in [0, 0.1) is 11.3 Å². The molecule has 140 valence electrons. The van der Waals surface area contributed by atoms with Crippen molar-refractivity contribution in [3.8, 4) is 6.07 Å². The Kier molecular flexibility index (Phi) is 5.16. The van der Waals surface area contributed by atoms with Crippen LogP contribution in [0.15, 0.2) is 29.2 Å². The molecule has 0 radical (unpaired) electrons. The van der Waals surface area contributed by atoms with Gasteiger partial charge in [0.1, 0.15) is 11.9 Å². The van der Waals surface area contributed by atoms with E-state index in [4.69, 9.17) is 0 Å². The second-order valence-corrected chi connectivity index (χ2v) is 7.20. The molecular weight excluding hydrogens is 340 g/mol. The summed E-state index contributed by atoms with van der Waals surface area (Å²) in [7, 11) is 0. The van der Waals surface area contributed by atoms with E-state index in [1.807, 2.05) is 6.07 Å². The van der Waals surface area contributed by atoms with Crippen molar-refractivity contribution in [3.05, 3.63) is 51.6 Å². The maximum atomic E-state index is 12.3. The Morgan fingerprint density at radius 2 is 1.93 bits per heavy atom. The first-order valence-electron chi connectivity index (χ1n) is 9.67. The van der Waals surface area contributed by atoms with E-state index in [1.54, 1.807) is 23.0 Å². The van der Waals surface area contributed by atoms with Gasteiger partial charge in [-0.2, -0.15) is 10.4 Å². The smallest absolute Gasteiger partial charge is 0.267 e. The van der Waals surface area contributed by atoms with Gasteiger partial charge in [-0.05, 0) is 43.4 Å². The molecular formula is C20H24N6O. The van der Waals surface area contributed by atoms with E-state index < -0.39 is 0 Å². The van der Waals surface area contributed by atoms with Crippen LogP contribution in [0.25, 0.3) is 0 Å². The number of aryl methyl sites for hydroxylation is 2. The second-order valence-electron chi connectivity index (χ2n) is 7.20. The first kappa shape index (κ1) is 17.7. The molecule has 3 heterocycles. The molecule has 0 amide bonds. The van der Waals surface area contributed by atoms with Crippen molar-refractivity contribution in [1.82, 2.24) is 19.7 Å². The maximum absolute atomic E-state index is 12.3. The lowest BCUT2D eigenvalue weighted by atomic mass is 9.97. The third-order valence-electron chi connectivity index (χ3n) is 5.48. The molecule has 2 aromatic heterocycles. The maximum Gasteiger partial charge on any atom is 0.267 e. The van der Waals surface area contributed by atoms with E-state index in [9.17, 15) is 10.1 Å². The minimum Gasteiger partial charge on any atom is -0.353 e. The molecule has 0 saturated carbocycles. The van der Waals surface area contributed by atoms with Gasteiger partial charge in [0.15, 0.2) is 0 Å². The Hall–Kier alpha value is -2.72. The lowest BCUT2D eigenvalue weighted by Crippen LogP contribution is -2.48. The number of aromatic nitrogens is 3. The van der Waals surface area contributed by atoms with Crippen LogP contribution >= 0.6 is 0 Å². The molecule has 2 aliphatic rings. The third-order valence-corrected chi connectivity index (χ3v) is 5.48. The van der Waals surface area contributed by atoms with Gasteiger partial charge in [0.2, 0.25) is 0 Å². The fraction of sp³-hybridized carbons (Fsp3) is 0.500. The minimum absolute atomic E-state index is 0.0152. The lowest BCUT2D eigenvalue weighted by molar-refractivity contribution is 0.241. The average Bonchev–Trinajstić information content (AvgIpc) is 2.72. The molecule has 0 atom stereocenters. The first-order chi connectivity index (χ1) is 13.2. The van der Waals surface area contributed by atoms with Crippen molar-refractivity contribution in [2.45, 2.75) is 32.2 Å². The summed E-state index contributed by atoms with van der Waals surface area (Å²) in [5.41, 5.74) is 2.88. The highest BCUT2D eigenvalue weighted by atomic mass is 16.1. The van der Waals surface area contributed by atoms with E-state index in [0.717, 1.165) is 69.1 Å². The van der Waals surface area contributed by atoms with Crippen LogP contribution in [-0.4, -0.2) is 52.4 Å². The van der Waals surface area contributed by atoms with Crippen molar-refractivity contribution < 1.29 is 0 Å². The van der Waals surface area contributed by atoms with Crippen molar-refractivity contribution in [3.63, 3.8) is 0 Å². The monoisotopic (exact) mass is 364 g/mol. The summed E-state index contributed by atoms with van der Waals surface area (Å²) in [6.07, 6.45) is 6.03. The van der Waals surface area contributed by atoms with Crippen LogP contribution in [-0.2, 0) is 19.4 Å². The fourth-order valence-electron chi connectivity index (χ4n) is 3.92. The molecule has 0 bridgehead atoms. The van der Waals surface area contributed by atoms with Crippen LogP contribution in [0.5, 0.6) is 0 Å². The summed E-state index contributed by atoms with van der Waals surface area (Å²) in [5.74, 6) is 0.771. The van der Waals surface area contributed by atoms with E-state index in [2.05, 4.69) is 26.0 Å². The van der Waals surface area contributed by atoms with Crippen molar-refractivity contribution in [2.24, 2.45) is 0 Å². The van der Waals surface area contributed by atoms with Gasteiger partial charge in [0.25, 0.3) is 5.56 Å². The van der Waals surface area contributed by atoms with E-state index >= 15 is 0 Å². The van der Waals surface area contributed by atoms with Gasteiger partial charge in [-0.15, -0.1) is 0 Å². The van der Waals surface area contributed by atoms with Gasteiger partial charge < -0.3 is 4.90 Å². The first-order valence-corrected chi connectivity index (χ1v) is 9.67. The van der Waals surface area contributed by atoms with Gasteiger partial charge in [-0.1, -0.05) is 0 Å². The van der Waals surface area contributed by atoms with Gasteiger partial charge in [0, 0.05) is 45.0 Å². The minimum atomic E-state index is 0.0152. The van der Waals surface area contributed by atoms with Crippen LogP contribution in [0.2, 0.25) is 0 Å². The SMILES string of the molecule is N#Cc1cccnc1N1CCN(CCn2nc3c(cc2=O)CCCC3)CC1. The standard InChI is InChI=1S/C20H24N6O/c21-15-17-5-3-7-22-20(17)25-11-8-24(9-12-25)10-13-26-19(27)14-16-4-1-2-6-18(16)23-26/h3,5,7,14H,1-2,4,6,8-13H2. The zero-order chi connectivity index (χ0) is 18.6. The molecule has 1 aliphatic carbocycles. The molecule has 1 fully saturated rings. The van der Waals surface area contributed by atoms with Gasteiger partial charge in [-0.25, -0.2) is 9.67 Å². The predicted molar refractivity (Wildman–Crippen MR) is 103 cm³/mol. The van der Waals surface area contributed by atoms with Crippen LogP contribution in [0.4, 0.5) is 5.82 Å². The topological polar surface area (TPSA) is 78.1 Å². The number of nitriles is 1. The second kappa shape index (κ2) is 7.89. The van der Waals surface area contributed by atoms with Crippen LogP contribution in [0.1, 0.15) is 29.7 Å². The summed E-state index contributed by atoms with van der Waals surface area (Å²) in [6.45, 7) is 4.88. The van der Waals surface area contributed by atoms with Gasteiger partial charge in [-0.3, -0.25) is 9.69 Å². The molecule has 7 nitrogen and oxygen atoms in total. The van der Waals surface area contributed by atoms with E-state index in [-0.39, 0.29) is 5.56 Å². The zero-order valence-corrected chi connectivity index (χ0v) is 15.5. The molecule has 27 heavy (non-hydrogen) atoms. The molecule has 0 N–H and O–H groups in total. The Morgan fingerprint density at radius 1 is 1.11 bits per heavy atom. The Morgan fingerprint density at radius 3 is 2.74 bits per heavy atom. The molecule has 7 heteroatoms. The molecule has 1 saturated heterocycles. The van der Waals surface area contributed by atoms with Crippen molar-refractivity contribution >= 4 is 5.82 Å². The quantitative estimate of drug-likeness (QED) is 0.812. The highest BCUT2D eigenvalue weighted by Gasteiger charge is 2.20. The zero-order valence-electron chi connectivity index (χ0n) is 15.5. The van der Waals surface area contributed by atoms with Crippen molar-refractivity contribution in [1.29, 1.82) is 5.26 Å². The number of piperazine rings is 1. The fourth-order valence-corrected chi connectivity index (χ4v) is 3.92. The van der Waals surface area contributed by atoms with Crippen LogP contribution in [0.3, 0.4) is 0 Å². The third kappa shape index (κ3) is 3.86. The predicted octanol–water partition coefficient (Wildman–Crippen LogP) is 1.21. The van der Waals surface area contributed by atoms with Gasteiger partial charge >= 0.3 is 0 Å². The normalized spacial score (nSPS) is 17.4. The summed E-state index contributed by atoms with van der Waals surface area (Å²) in [6, 6.07) is 7.60. The Labute approximate surface area is 158 Å². The average molecular weight is 364 g/mol. The lowest BCUT2D eigenvalue weighted by Gasteiger charge is -2.35. The van der Waals surface area contributed by atoms with E-state index in [0.29, 0.717) is 12.1 Å². The Balaban J connectivity index is 1.35. The number of nitrogens with zero attached hydrogens (tertiary/aromatic N) is 6. The Bertz CT molecular complexity index is 907. The number of anilines is 1. The molecule has 4 rings (SSSR count). The largest absolute Gasteiger partial charge is 0.353 e. The summed E-state index contributed by atoms with van der Waals surface area (Å²) in [5, 5.41) is 13.9.